The number of carbonyl (C=O) groups is 3. The second-order valence-electron chi connectivity index (χ2n) is 7.47. The number of hydrogen-bond donors (Lipinski definition) is 4. The van der Waals surface area contributed by atoms with Gasteiger partial charge in [-0.3, -0.25) is 14.4 Å². The van der Waals surface area contributed by atoms with Gasteiger partial charge in [-0.2, -0.15) is 26.3 Å². The molecule has 0 bridgehead atoms. The van der Waals surface area contributed by atoms with Crippen molar-refractivity contribution in [2.75, 3.05) is 12.4 Å². The van der Waals surface area contributed by atoms with Crippen LogP contribution in [0.4, 0.5) is 32.0 Å². The van der Waals surface area contributed by atoms with Crippen LogP contribution < -0.4 is 16.0 Å². The molecular weight excluding hydrogens is 484 g/mol. The molecule has 13 heteroatoms. The van der Waals surface area contributed by atoms with Gasteiger partial charge in [-0.05, 0) is 42.9 Å². The molecule has 4 N–H and O–H groups in total. The molecule has 0 heterocycles. The summed E-state index contributed by atoms with van der Waals surface area (Å²) < 4.78 is 77.4. The molecular formula is C22H21F6N3O4. The molecule has 190 valence electrons. The molecule has 0 aliphatic rings. The first kappa shape index (κ1) is 27.6. The molecule has 0 aromatic heterocycles. The number of amides is 2. The van der Waals surface area contributed by atoms with E-state index in [1.807, 2.05) is 0 Å². The standard InChI is InChI=1S/C22H21F6N3O4/c1-29-16(11-18(32)33)19(34)31-17(9-12-5-7-13(8-6-12)21(23,24)25)20(35)30-15-4-2-3-14(10-15)22(26,27)28/h2-8,10,16-17,29H,9,11H2,1H3,(H,30,35)(H,31,34)(H,32,33). The Balaban J connectivity index is 2.29. The van der Waals surface area contributed by atoms with Gasteiger partial charge in [-0.15, -0.1) is 0 Å². The van der Waals surface area contributed by atoms with Crippen LogP contribution in [-0.4, -0.2) is 42.0 Å². The van der Waals surface area contributed by atoms with E-state index in [1.165, 1.54) is 13.1 Å². The lowest BCUT2D eigenvalue weighted by atomic mass is 10.0. The summed E-state index contributed by atoms with van der Waals surface area (Å²) in [6.07, 6.45) is -10.2. The van der Waals surface area contributed by atoms with Crippen LogP contribution in [0.25, 0.3) is 0 Å². The molecule has 0 spiro atoms. The van der Waals surface area contributed by atoms with Crippen LogP contribution in [-0.2, 0) is 33.2 Å². The van der Waals surface area contributed by atoms with Crippen molar-refractivity contribution >= 4 is 23.5 Å². The number of carboxylic acids is 1. The van der Waals surface area contributed by atoms with E-state index in [-0.39, 0.29) is 17.7 Å². The summed E-state index contributed by atoms with van der Waals surface area (Å²) in [5, 5.41) is 16.0. The minimum atomic E-state index is -4.68. The summed E-state index contributed by atoms with van der Waals surface area (Å²) in [7, 11) is 1.31. The zero-order chi connectivity index (χ0) is 26.4. The van der Waals surface area contributed by atoms with Gasteiger partial charge >= 0.3 is 18.3 Å². The number of carbonyl (C=O) groups excluding carboxylic acids is 2. The van der Waals surface area contributed by atoms with Crippen LogP contribution in [0.2, 0.25) is 0 Å². The first-order valence-electron chi connectivity index (χ1n) is 10.0. The Morgan fingerprint density at radius 3 is 1.97 bits per heavy atom. The SMILES string of the molecule is CNC(CC(=O)O)C(=O)NC(Cc1ccc(C(F)(F)F)cc1)C(=O)Nc1cccc(C(F)(F)F)c1. The minimum absolute atomic E-state index is 0.210. The number of rotatable bonds is 9. The number of benzene rings is 2. The lowest BCUT2D eigenvalue weighted by Crippen LogP contribution is -2.52. The quantitative estimate of drug-likeness (QED) is 0.391. The normalized spacial score (nSPS) is 13.6. The van der Waals surface area contributed by atoms with Crippen LogP contribution >= 0.6 is 0 Å². The highest BCUT2D eigenvalue weighted by atomic mass is 19.4. The van der Waals surface area contributed by atoms with Crippen molar-refractivity contribution in [3.63, 3.8) is 0 Å². The van der Waals surface area contributed by atoms with Crippen molar-refractivity contribution < 1.29 is 45.8 Å². The zero-order valence-corrected chi connectivity index (χ0v) is 18.1. The first-order chi connectivity index (χ1) is 16.2. The van der Waals surface area contributed by atoms with E-state index < -0.39 is 59.8 Å². The minimum Gasteiger partial charge on any atom is -0.481 e. The molecule has 2 amide bonds. The molecule has 2 rings (SSSR count). The number of aliphatic carboxylic acids is 1. The Morgan fingerprint density at radius 1 is 0.857 bits per heavy atom. The fourth-order valence-electron chi connectivity index (χ4n) is 3.05. The predicted octanol–water partition coefficient (Wildman–Crippen LogP) is 3.45. The molecule has 2 unspecified atom stereocenters. The monoisotopic (exact) mass is 505 g/mol. The number of carboxylic acid groups (broad SMARTS) is 1. The highest BCUT2D eigenvalue weighted by Gasteiger charge is 2.32. The third-order valence-electron chi connectivity index (χ3n) is 4.86. The average Bonchev–Trinajstić information content (AvgIpc) is 2.76. The highest BCUT2D eigenvalue weighted by Crippen LogP contribution is 2.31. The predicted molar refractivity (Wildman–Crippen MR) is 112 cm³/mol. The van der Waals surface area contributed by atoms with Crippen LogP contribution in [0.15, 0.2) is 48.5 Å². The van der Waals surface area contributed by atoms with Gasteiger partial charge in [-0.1, -0.05) is 18.2 Å². The van der Waals surface area contributed by atoms with Crippen molar-refractivity contribution in [3.05, 3.63) is 65.2 Å². The van der Waals surface area contributed by atoms with Gasteiger partial charge in [0.25, 0.3) is 0 Å². The molecule has 7 nitrogen and oxygen atoms in total. The van der Waals surface area contributed by atoms with Crippen LogP contribution in [0.3, 0.4) is 0 Å². The number of nitrogens with one attached hydrogen (secondary N) is 3. The largest absolute Gasteiger partial charge is 0.481 e. The Morgan fingerprint density at radius 2 is 1.46 bits per heavy atom. The Kier molecular flexibility index (Phi) is 8.85. The van der Waals surface area contributed by atoms with Crippen molar-refractivity contribution in [1.29, 1.82) is 0 Å². The summed E-state index contributed by atoms with van der Waals surface area (Å²) in [6.45, 7) is 0. The first-order valence-corrected chi connectivity index (χ1v) is 10.0. The number of alkyl halides is 6. The topological polar surface area (TPSA) is 108 Å². The van der Waals surface area contributed by atoms with Gasteiger partial charge in [0.05, 0.1) is 23.6 Å². The maximum atomic E-state index is 13.0. The van der Waals surface area contributed by atoms with Crippen molar-refractivity contribution in [2.24, 2.45) is 0 Å². The van der Waals surface area contributed by atoms with Gasteiger partial charge in [-0.25, -0.2) is 0 Å². The van der Waals surface area contributed by atoms with Crippen LogP contribution in [0.5, 0.6) is 0 Å². The van der Waals surface area contributed by atoms with E-state index in [4.69, 9.17) is 5.11 Å². The maximum absolute atomic E-state index is 13.0. The smallest absolute Gasteiger partial charge is 0.416 e. The molecule has 0 radical (unpaired) electrons. The molecule has 2 atom stereocenters. The molecule has 0 fully saturated rings. The van der Waals surface area contributed by atoms with Gasteiger partial charge in [0.2, 0.25) is 11.8 Å². The summed E-state index contributed by atoms with van der Waals surface area (Å²) in [5.74, 6) is -3.17. The summed E-state index contributed by atoms with van der Waals surface area (Å²) in [4.78, 5) is 36.3. The van der Waals surface area contributed by atoms with Crippen molar-refractivity contribution in [3.8, 4) is 0 Å². The van der Waals surface area contributed by atoms with E-state index in [0.717, 1.165) is 36.4 Å². The third kappa shape index (κ3) is 8.28. The average molecular weight is 505 g/mol. The molecule has 2 aromatic rings. The van der Waals surface area contributed by atoms with E-state index >= 15 is 0 Å². The van der Waals surface area contributed by atoms with Gasteiger partial charge in [0, 0.05) is 12.1 Å². The van der Waals surface area contributed by atoms with Crippen LogP contribution in [0.1, 0.15) is 23.1 Å². The zero-order valence-electron chi connectivity index (χ0n) is 18.1. The van der Waals surface area contributed by atoms with Crippen LogP contribution in [0, 0.1) is 0 Å². The van der Waals surface area contributed by atoms with Gasteiger partial charge in [0.15, 0.2) is 0 Å². The van der Waals surface area contributed by atoms with Gasteiger partial charge < -0.3 is 21.1 Å². The number of likely N-dealkylation sites (N-methyl/N-ethyl adjacent to an activating group) is 1. The number of hydrogen-bond acceptors (Lipinski definition) is 4. The third-order valence-corrected chi connectivity index (χ3v) is 4.86. The molecule has 2 aromatic carbocycles. The summed E-state index contributed by atoms with van der Waals surface area (Å²) >= 11 is 0. The molecule has 35 heavy (non-hydrogen) atoms. The fraction of sp³-hybridized carbons (Fsp3) is 0.318. The molecule has 0 saturated carbocycles. The second-order valence-corrected chi connectivity index (χ2v) is 7.47. The lowest BCUT2D eigenvalue weighted by Gasteiger charge is -2.22. The summed E-state index contributed by atoms with van der Waals surface area (Å²) in [5.41, 5.74) is -1.99. The van der Waals surface area contributed by atoms with E-state index in [9.17, 15) is 40.7 Å². The Labute approximate surface area is 195 Å². The molecule has 0 aliphatic heterocycles. The maximum Gasteiger partial charge on any atom is 0.416 e. The highest BCUT2D eigenvalue weighted by molar-refractivity contribution is 5.98. The second kappa shape index (κ2) is 11.2. The van der Waals surface area contributed by atoms with Crippen molar-refractivity contribution in [1.82, 2.24) is 10.6 Å². The van der Waals surface area contributed by atoms with Crippen molar-refractivity contribution in [2.45, 2.75) is 37.3 Å². The number of halogens is 6. The van der Waals surface area contributed by atoms with E-state index in [1.54, 1.807) is 0 Å². The Bertz CT molecular complexity index is 1050. The van der Waals surface area contributed by atoms with E-state index in [2.05, 4.69) is 16.0 Å². The van der Waals surface area contributed by atoms with E-state index in [0.29, 0.717) is 6.07 Å². The van der Waals surface area contributed by atoms with Gasteiger partial charge in [0.1, 0.15) is 6.04 Å². The molecule has 0 aliphatic carbocycles. The molecule has 0 saturated heterocycles. The fourth-order valence-corrected chi connectivity index (χ4v) is 3.05. The Hall–Kier alpha value is -3.61. The number of anilines is 1. The summed E-state index contributed by atoms with van der Waals surface area (Å²) in [6, 6.07) is 4.76. The lowest BCUT2D eigenvalue weighted by molar-refractivity contribution is -0.140.